The van der Waals surface area contributed by atoms with Crippen molar-refractivity contribution >= 4 is 21.7 Å². The van der Waals surface area contributed by atoms with E-state index in [4.69, 9.17) is 9.84 Å². The first-order chi connectivity index (χ1) is 16.9. The maximum atomic E-state index is 13.9. The number of sulfonamides is 1. The van der Waals surface area contributed by atoms with Crippen LogP contribution in [0.15, 0.2) is 59.6 Å². The van der Waals surface area contributed by atoms with Crippen molar-refractivity contribution in [3.8, 4) is 16.9 Å². The van der Waals surface area contributed by atoms with Gasteiger partial charge in [0, 0.05) is 17.7 Å². The number of halogens is 4. The van der Waals surface area contributed by atoms with E-state index >= 15 is 0 Å². The molecule has 4 rings (SSSR count). The molecule has 1 aromatic heterocycles. The zero-order chi connectivity index (χ0) is 26.3. The number of benzene rings is 2. The largest absolute Gasteiger partial charge is 0.486 e. The van der Waals surface area contributed by atoms with Gasteiger partial charge in [-0.05, 0) is 55.3 Å². The lowest BCUT2D eigenvalue weighted by Crippen LogP contribution is -2.43. The summed E-state index contributed by atoms with van der Waals surface area (Å²) < 4.78 is 87.6. The van der Waals surface area contributed by atoms with Crippen molar-refractivity contribution in [2.24, 2.45) is 0 Å². The van der Waals surface area contributed by atoms with Crippen LogP contribution in [-0.4, -0.2) is 37.1 Å². The van der Waals surface area contributed by atoms with Crippen LogP contribution in [0.25, 0.3) is 11.1 Å². The smallest absolute Gasteiger partial charge is 0.416 e. The van der Waals surface area contributed by atoms with Crippen LogP contribution in [-0.2, 0) is 21.0 Å². The summed E-state index contributed by atoms with van der Waals surface area (Å²) in [6, 6.07) is 9.04. The highest BCUT2D eigenvalue weighted by Gasteiger charge is 2.37. The van der Waals surface area contributed by atoms with E-state index in [0.717, 1.165) is 28.7 Å². The average Bonchev–Trinajstić information content (AvgIpc) is 2.83. The van der Waals surface area contributed by atoms with Gasteiger partial charge in [0.25, 0.3) is 10.0 Å². The van der Waals surface area contributed by atoms with Crippen LogP contribution < -0.4 is 9.04 Å². The summed E-state index contributed by atoms with van der Waals surface area (Å²) in [6.07, 6.45) is -4.91. The highest BCUT2D eigenvalue weighted by Crippen LogP contribution is 2.41. The van der Waals surface area contributed by atoms with Crippen LogP contribution in [0.3, 0.4) is 0 Å². The standard InChI is InChI=1S/C24H20F4N2O5S/c1-14-20(11-17(25)12-29-14)15-5-7-22-21(9-15)30(13-18(35-22)6-8-23(31)32)36(33,34)19-4-2-3-16(10-19)24(26,27)28/h2-5,7,9-12,18H,6,8,13H2,1H3,(H,31,32)/t18-/m0/s1. The number of pyridine rings is 1. The first-order valence-corrected chi connectivity index (χ1v) is 12.2. The molecule has 0 saturated carbocycles. The van der Waals surface area contributed by atoms with E-state index in [2.05, 4.69) is 4.98 Å². The van der Waals surface area contributed by atoms with Gasteiger partial charge in [-0.1, -0.05) is 12.1 Å². The molecule has 1 atom stereocenters. The Morgan fingerprint density at radius 2 is 1.94 bits per heavy atom. The number of alkyl halides is 3. The van der Waals surface area contributed by atoms with Gasteiger partial charge in [0.2, 0.25) is 0 Å². The quantitative estimate of drug-likeness (QED) is 0.454. The molecule has 0 amide bonds. The molecule has 3 aromatic rings. The fraction of sp³-hybridized carbons (Fsp3) is 0.250. The predicted octanol–water partition coefficient (Wildman–Crippen LogP) is 5.04. The van der Waals surface area contributed by atoms with Gasteiger partial charge in [0.1, 0.15) is 17.7 Å². The molecule has 0 unspecified atom stereocenters. The zero-order valence-corrected chi connectivity index (χ0v) is 19.6. The van der Waals surface area contributed by atoms with Crippen LogP contribution in [0.2, 0.25) is 0 Å². The molecule has 0 spiro atoms. The summed E-state index contributed by atoms with van der Waals surface area (Å²) in [5, 5.41) is 9.03. The number of aromatic nitrogens is 1. The number of aliphatic carboxylic acids is 1. The number of rotatable bonds is 6. The molecule has 1 aliphatic heterocycles. The molecular weight excluding hydrogens is 504 g/mol. The number of ether oxygens (including phenoxy) is 1. The summed E-state index contributed by atoms with van der Waals surface area (Å²) in [5.74, 6) is -1.62. The highest BCUT2D eigenvalue weighted by atomic mass is 32.2. The maximum Gasteiger partial charge on any atom is 0.416 e. The number of anilines is 1. The number of hydrogen-bond donors (Lipinski definition) is 1. The van der Waals surface area contributed by atoms with E-state index in [1.807, 2.05) is 0 Å². The van der Waals surface area contributed by atoms with Crippen molar-refractivity contribution in [1.29, 1.82) is 0 Å². The number of hydrogen-bond acceptors (Lipinski definition) is 5. The van der Waals surface area contributed by atoms with Crippen molar-refractivity contribution in [2.45, 2.75) is 36.9 Å². The summed E-state index contributed by atoms with van der Waals surface area (Å²) in [7, 11) is -4.53. The number of carboxylic acid groups (broad SMARTS) is 1. The SMILES string of the molecule is Cc1ncc(F)cc1-c1ccc2c(c1)N(S(=O)(=O)c1cccc(C(F)(F)F)c1)C[C@H](CCC(=O)O)O2. The Balaban J connectivity index is 1.83. The molecule has 7 nitrogen and oxygen atoms in total. The molecule has 0 saturated heterocycles. The number of carboxylic acids is 1. The van der Waals surface area contributed by atoms with Crippen molar-refractivity contribution in [3.05, 3.63) is 71.8 Å². The third-order valence-electron chi connectivity index (χ3n) is 5.68. The minimum atomic E-state index is -4.76. The van der Waals surface area contributed by atoms with Crippen molar-refractivity contribution in [1.82, 2.24) is 4.98 Å². The van der Waals surface area contributed by atoms with Gasteiger partial charge in [0.05, 0.1) is 28.9 Å². The van der Waals surface area contributed by atoms with Crippen LogP contribution in [0, 0.1) is 12.7 Å². The van der Waals surface area contributed by atoms with E-state index in [9.17, 15) is 30.8 Å². The van der Waals surface area contributed by atoms with Gasteiger partial charge >= 0.3 is 12.1 Å². The third-order valence-corrected chi connectivity index (χ3v) is 7.46. The van der Waals surface area contributed by atoms with Gasteiger partial charge in [-0.15, -0.1) is 0 Å². The summed E-state index contributed by atoms with van der Waals surface area (Å²) in [5.41, 5.74) is 0.173. The molecule has 2 aromatic carbocycles. The van der Waals surface area contributed by atoms with Gasteiger partial charge in [-0.25, -0.2) is 12.8 Å². The molecule has 0 bridgehead atoms. The summed E-state index contributed by atoms with van der Waals surface area (Å²) in [6.45, 7) is 1.31. The van der Waals surface area contributed by atoms with Crippen LogP contribution in [0.4, 0.5) is 23.2 Å². The van der Waals surface area contributed by atoms with Crippen molar-refractivity contribution in [3.63, 3.8) is 0 Å². The minimum Gasteiger partial charge on any atom is -0.486 e. The first-order valence-electron chi connectivity index (χ1n) is 10.7. The van der Waals surface area contributed by atoms with Gasteiger partial charge < -0.3 is 9.84 Å². The van der Waals surface area contributed by atoms with E-state index in [-0.39, 0.29) is 30.8 Å². The average molecular weight is 524 g/mol. The molecule has 190 valence electrons. The fourth-order valence-electron chi connectivity index (χ4n) is 3.90. The first kappa shape index (κ1) is 25.4. The predicted molar refractivity (Wildman–Crippen MR) is 122 cm³/mol. The van der Waals surface area contributed by atoms with Crippen molar-refractivity contribution in [2.75, 3.05) is 10.8 Å². The Morgan fingerprint density at radius 3 is 2.64 bits per heavy atom. The minimum absolute atomic E-state index is 0.0279. The molecule has 0 aliphatic carbocycles. The molecule has 0 fully saturated rings. The lowest BCUT2D eigenvalue weighted by Gasteiger charge is -2.36. The topological polar surface area (TPSA) is 96.8 Å². The fourth-order valence-corrected chi connectivity index (χ4v) is 5.45. The van der Waals surface area contributed by atoms with Crippen LogP contribution >= 0.6 is 0 Å². The van der Waals surface area contributed by atoms with E-state index in [1.54, 1.807) is 13.0 Å². The Morgan fingerprint density at radius 1 is 1.19 bits per heavy atom. The van der Waals surface area contributed by atoms with E-state index in [0.29, 0.717) is 22.9 Å². The second-order valence-corrected chi connectivity index (χ2v) is 10.1. The molecule has 12 heteroatoms. The van der Waals surface area contributed by atoms with Gasteiger partial charge in [0.15, 0.2) is 0 Å². The lowest BCUT2D eigenvalue weighted by molar-refractivity contribution is -0.138. The Kier molecular flexibility index (Phi) is 6.65. The molecule has 2 heterocycles. The molecule has 1 aliphatic rings. The summed E-state index contributed by atoms with van der Waals surface area (Å²) in [4.78, 5) is 14.4. The number of carbonyl (C=O) groups is 1. The lowest BCUT2D eigenvalue weighted by atomic mass is 10.0. The molecule has 0 radical (unpaired) electrons. The second-order valence-electron chi connectivity index (χ2n) is 8.20. The van der Waals surface area contributed by atoms with Crippen molar-refractivity contribution < 1.29 is 40.6 Å². The summed E-state index contributed by atoms with van der Waals surface area (Å²) >= 11 is 0. The zero-order valence-electron chi connectivity index (χ0n) is 18.8. The molecule has 1 N–H and O–H groups in total. The maximum absolute atomic E-state index is 13.9. The number of aryl methyl sites for hydroxylation is 1. The highest BCUT2D eigenvalue weighted by molar-refractivity contribution is 7.92. The molecular formula is C24H20F4N2O5S. The second kappa shape index (κ2) is 9.41. The Labute approximate surface area is 204 Å². The van der Waals surface area contributed by atoms with Crippen LogP contribution in [0.1, 0.15) is 24.1 Å². The third kappa shape index (κ3) is 5.13. The van der Waals surface area contributed by atoms with Crippen LogP contribution in [0.5, 0.6) is 5.75 Å². The van der Waals surface area contributed by atoms with Gasteiger partial charge in [-0.2, -0.15) is 13.2 Å². The monoisotopic (exact) mass is 524 g/mol. The Hall–Kier alpha value is -3.67. The van der Waals surface area contributed by atoms with E-state index in [1.165, 1.54) is 18.2 Å². The van der Waals surface area contributed by atoms with E-state index < -0.39 is 44.5 Å². The Bertz CT molecular complexity index is 1430. The number of fused-ring (bicyclic) bond motifs is 1. The molecule has 36 heavy (non-hydrogen) atoms. The number of nitrogens with zero attached hydrogens (tertiary/aromatic N) is 2. The van der Waals surface area contributed by atoms with Gasteiger partial charge in [-0.3, -0.25) is 14.1 Å². The normalized spacial score (nSPS) is 15.8.